The van der Waals surface area contributed by atoms with Gasteiger partial charge in [0.1, 0.15) is 5.67 Å². The highest BCUT2D eigenvalue weighted by molar-refractivity contribution is 6.31. The smallest absolute Gasteiger partial charge is 0.131 e. The van der Waals surface area contributed by atoms with Crippen LogP contribution in [-0.4, -0.2) is 0 Å². The van der Waals surface area contributed by atoms with E-state index in [9.17, 15) is 4.39 Å². The first-order valence-electron chi connectivity index (χ1n) is 3.87. The molecule has 66 valence electrons. The van der Waals surface area contributed by atoms with Crippen molar-refractivity contribution in [2.24, 2.45) is 0 Å². The van der Waals surface area contributed by atoms with E-state index in [1.165, 1.54) is 13.8 Å². The summed E-state index contributed by atoms with van der Waals surface area (Å²) in [7, 11) is 0. The molecule has 0 aliphatic heterocycles. The Morgan fingerprint density at radius 1 is 1.33 bits per heavy atom. The number of hydrogen-bond donors (Lipinski definition) is 0. The SMILES string of the molecule is Cc1ccc(Cl)c(C(C)(C)F)c1. The molecule has 0 aromatic heterocycles. The molecule has 12 heavy (non-hydrogen) atoms. The molecule has 0 saturated carbocycles. The minimum atomic E-state index is -1.36. The number of aryl methyl sites for hydroxylation is 1. The molecule has 1 aromatic rings. The maximum atomic E-state index is 13.5. The van der Waals surface area contributed by atoms with E-state index in [4.69, 9.17) is 11.6 Å². The summed E-state index contributed by atoms with van der Waals surface area (Å²) in [5.74, 6) is 0. The number of benzene rings is 1. The zero-order valence-corrected chi connectivity index (χ0v) is 8.24. The van der Waals surface area contributed by atoms with Crippen molar-refractivity contribution in [3.05, 3.63) is 34.3 Å². The van der Waals surface area contributed by atoms with Crippen molar-refractivity contribution in [1.29, 1.82) is 0 Å². The van der Waals surface area contributed by atoms with Crippen LogP contribution < -0.4 is 0 Å². The summed E-state index contributed by atoms with van der Waals surface area (Å²) in [5.41, 5.74) is 0.229. The van der Waals surface area contributed by atoms with Crippen molar-refractivity contribution in [2.45, 2.75) is 26.4 Å². The van der Waals surface area contributed by atoms with Crippen LogP contribution in [0, 0.1) is 6.92 Å². The van der Waals surface area contributed by atoms with Crippen LogP contribution in [0.15, 0.2) is 18.2 Å². The molecular formula is C10H12ClF. The van der Waals surface area contributed by atoms with Gasteiger partial charge in [0.05, 0.1) is 0 Å². The van der Waals surface area contributed by atoms with E-state index in [1.54, 1.807) is 12.1 Å². The minimum Gasteiger partial charge on any atom is -0.239 e. The lowest BCUT2D eigenvalue weighted by molar-refractivity contribution is 0.221. The number of rotatable bonds is 1. The molecule has 0 heterocycles. The van der Waals surface area contributed by atoms with E-state index < -0.39 is 5.67 Å². The molecule has 0 aliphatic carbocycles. The number of halogens is 2. The fraction of sp³-hybridized carbons (Fsp3) is 0.400. The van der Waals surface area contributed by atoms with E-state index in [0.717, 1.165) is 5.56 Å². The van der Waals surface area contributed by atoms with Gasteiger partial charge in [0.2, 0.25) is 0 Å². The fourth-order valence-corrected chi connectivity index (χ4v) is 1.44. The van der Waals surface area contributed by atoms with Gasteiger partial charge in [-0.15, -0.1) is 0 Å². The molecule has 0 unspecified atom stereocenters. The van der Waals surface area contributed by atoms with Gasteiger partial charge in [-0.3, -0.25) is 0 Å². The second-order valence-corrected chi connectivity index (χ2v) is 3.86. The normalized spacial score (nSPS) is 11.8. The van der Waals surface area contributed by atoms with Crippen LogP contribution >= 0.6 is 11.6 Å². The third kappa shape index (κ3) is 1.98. The maximum Gasteiger partial charge on any atom is 0.131 e. The van der Waals surface area contributed by atoms with E-state index in [-0.39, 0.29) is 0 Å². The minimum absolute atomic E-state index is 0.494. The fourth-order valence-electron chi connectivity index (χ4n) is 1.09. The summed E-state index contributed by atoms with van der Waals surface area (Å²) in [6.45, 7) is 4.94. The summed E-state index contributed by atoms with van der Waals surface area (Å²) in [6, 6.07) is 5.38. The molecule has 0 saturated heterocycles. The van der Waals surface area contributed by atoms with Gasteiger partial charge < -0.3 is 0 Å². The van der Waals surface area contributed by atoms with Crippen molar-refractivity contribution in [1.82, 2.24) is 0 Å². The van der Waals surface area contributed by atoms with Crippen molar-refractivity contribution >= 4 is 11.6 Å². The second kappa shape index (κ2) is 3.06. The van der Waals surface area contributed by atoms with E-state index >= 15 is 0 Å². The molecule has 0 atom stereocenters. The van der Waals surface area contributed by atoms with Crippen molar-refractivity contribution in [2.75, 3.05) is 0 Å². The zero-order chi connectivity index (χ0) is 9.35. The maximum absolute atomic E-state index is 13.5. The van der Waals surface area contributed by atoms with Crippen molar-refractivity contribution in [3.63, 3.8) is 0 Å². The number of hydrogen-bond acceptors (Lipinski definition) is 0. The van der Waals surface area contributed by atoms with E-state index in [1.807, 2.05) is 13.0 Å². The zero-order valence-electron chi connectivity index (χ0n) is 7.49. The standard InChI is InChI=1S/C10H12ClF/c1-7-4-5-9(11)8(6-7)10(2,3)12/h4-6H,1-3H3. The second-order valence-electron chi connectivity index (χ2n) is 3.46. The lowest BCUT2D eigenvalue weighted by Crippen LogP contribution is -2.09. The van der Waals surface area contributed by atoms with E-state index in [0.29, 0.717) is 10.6 Å². The number of alkyl halides is 1. The average Bonchev–Trinajstić information content (AvgIpc) is 1.92. The molecule has 0 fully saturated rings. The van der Waals surface area contributed by atoms with E-state index in [2.05, 4.69) is 0 Å². The molecule has 1 aromatic carbocycles. The summed E-state index contributed by atoms with van der Waals surface area (Å²) in [6.07, 6.45) is 0. The Morgan fingerprint density at radius 2 is 1.92 bits per heavy atom. The third-order valence-corrected chi connectivity index (χ3v) is 2.09. The highest BCUT2D eigenvalue weighted by Crippen LogP contribution is 2.31. The largest absolute Gasteiger partial charge is 0.239 e. The van der Waals surface area contributed by atoms with Gasteiger partial charge in [-0.2, -0.15) is 0 Å². The Labute approximate surface area is 77.4 Å². The Morgan fingerprint density at radius 3 is 2.33 bits per heavy atom. The Balaban J connectivity index is 3.23. The third-order valence-electron chi connectivity index (χ3n) is 1.76. The Kier molecular flexibility index (Phi) is 2.43. The monoisotopic (exact) mass is 186 g/mol. The Bertz CT molecular complexity index is 286. The quantitative estimate of drug-likeness (QED) is 0.625. The first-order valence-corrected chi connectivity index (χ1v) is 4.24. The Hall–Kier alpha value is -0.560. The molecule has 0 spiro atoms. The summed E-state index contributed by atoms with van der Waals surface area (Å²) >= 11 is 5.84. The van der Waals surface area contributed by atoms with Crippen LogP contribution in [0.4, 0.5) is 4.39 Å². The highest BCUT2D eigenvalue weighted by atomic mass is 35.5. The molecule has 0 aliphatic rings. The lowest BCUT2D eigenvalue weighted by atomic mass is 9.98. The molecule has 0 radical (unpaired) electrons. The molecule has 0 bridgehead atoms. The van der Waals surface area contributed by atoms with Crippen molar-refractivity contribution < 1.29 is 4.39 Å². The van der Waals surface area contributed by atoms with Crippen LogP contribution in [0.2, 0.25) is 5.02 Å². The van der Waals surface area contributed by atoms with Crippen molar-refractivity contribution in [3.8, 4) is 0 Å². The first kappa shape index (κ1) is 9.53. The van der Waals surface area contributed by atoms with Crippen LogP contribution in [-0.2, 0) is 5.67 Å². The summed E-state index contributed by atoms with van der Waals surface area (Å²) in [5, 5.41) is 0.494. The molecule has 2 heteroatoms. The van der Waals surface area contributed by atoms with Crippen LogP contribution in [0.5, 0.6) is 0 Å². The first-order chi connectivity index (χ1) is 5.41. The van der Waals surface area contributed by atoms with Gasteiger partial charge >= 0.3 is 0 Å². The summed E-state index contributed by atoms with van der Waals surface area (Å²) in [4.78, 5) is 0. The molecule has 0 amide bonds. The van der Waals surface area contributed by atoms with Gasteiger partial charge in [0.15, 0.2) is 0 Å². The van der Waals surface area contributed by atoms with Crippen LogP contribution in [0.1, 0.15) is 25.0 Å². The lowest BCUT2D eigenvalue weighted by Gasteiger charge is -2.16. The average molecular weight is 187 g/mol. The molecule has 1 rings (SSSR count). The topological polar surface area (TPSA) is 0 Å². The molecular weight excluding hydrogens is 175 g/mol. The van der Waals surface area contributed by atoms with Crippen LogP contribution in [0.25, 0.3) is 0 Å². The van der Waals surface area contributed by atoms with Gasteiger partial charge in [0.25, 0.3) is 0 Å². The predicted molar refractivity (Wildman–Crippen MR) is 50.3 cm³/mol. The highest BCUT2D eigenvalue weighted by Gasteiger charge is 2.21. The van der Waals surface area contributed by atoms with Gasteiger partial charge in [-0.25, -0.2) is 4.39 Å². The van der Waals surface area contributed by atoms with Gasteiger partial charge in [-0.05, 0) is 26.8 Å². The van der Waals surface area contributed by atoms with Gasteiger partial charge in [-0.1, -0.05) is 29.3 Å². The van der Waals surface area contributed by atoms with Gasteiger partial charge in [0, 0.05) is 10.6 Å². The molecule has 0 N–H and O–H groups in total. The molecule has 0 nitrogen and oxygen atoms in total. The van der Waals surface area contributed by atoms with Crippen LogP contribution in [0.3, 0.4) is 0 Å². The predicted octanol–water partition coefficient (Wildman–Crippen LogP) is 3.85. The summed E-state index contributed by atoms with van der Waals surface area (Å²) < 4.78 is 13.5.